The molecule has 2 unspecified atom stereocenters. The van der Waals surface area contributed by atoms with Crippen LogP contribution in [0.5, 0.6) is 0 Å². The first-order valence-electron chi connectivity index (χ1n) is 23.4. The number of aryl methyl sites for hydroxylation is 1. The monoisotopic (exact) mass is 803 g/mol. The summed E-state index contributed by atoms with van der Waals surface area (Å²) in [6.45, 7) is 6.95. The highest BCUT2D eigenvalue weighted by molar-refractivity contribution is 6.23. The Morgan fingerprint density at radius 1 is 0.525 bits per heavy atom. The summed E-state index contributed by atoms with van der Waals surface area (Å²) < 4.78 is 4.76. The summed E-state index contributed by atoms with van der Waals surface area (Å²) in [4.78, 5) is 16.4. The maximum absolute atomic E-state index is 5.54. The topological polar surface area (TPSA) is 48.5 Å². The molecule has 8 aromatic rings. The molecule has 2 atom stereocenters. The third kappa shape index (κ3) is 8.32. The zero-order valence-corrected chi connectivity index (χ0v) is 36.5. The molecule has 3 heterocycles. The van der Waals surface area contributed by atoms with E-state index in [1.165, 1.54) is 122 Å². The van der Waals surface area contributed by atoms with Crippen LogP contribution in [0.2, 0.25) is 0 Å². The Balaban J connectivity index is 1.22. The van der Waals surface area contributed by atoms with E-state index in [4.69, 9.17) is 15.0 Å². The predicted octanol–water partition coefficient (Wildman–Crippen LogP) is 15.6. The molecule has 0 aliphatic heterocycles. The van der Waals surface area contributed by atoms with E-state index in [1.807, 2.05) is 0 Å². The molecule has 0 spiro atoms. The van der Waals surface area contributed by atoms with Crippen LogP contribution in [0.3, 0.4) is 0 Å². The maximum atomic E-state index is 5.54. The molecular formula is C56H61N5. The van der Waals surface area contributed by atoms with Gasteiger partial charge in [-0.3, -0.25) is 4.57 Å². The molecule has 9 rings (SSSR count). The van der Waals surface area contributed by atoms with Crippen LogP contribution in [0, 0.1) is 11.8 Å². The van der Waals surface area contributed by atoms with Crippen molar-refractivity contribution in [2.24, 2.45) is 11.8 Å². The number of hydrogen-bond donors (Lipinski definition) is 0. The Labute approximate surface area is 362 Å². The smallest absolute Gasteiger partial charge is 0.238 e. The minimum atomic E-state index is 0.285. The predicted molar refractivity (Wildman–Crippen MR) is 259 cm³/mol. The Morgan fingerprint density at radius 2 is 1.13 bits per heavy atom. The van der Waals surface area contributed by atoms with Crippen LogP contribution in [-0.4, -0.2) is 24.1 Å². The molecule has 310 valence electrons. The van der Waals surface area contributed by atoms with E-state index in [2.05, 4.69) is 163 Å². The fourth-order valence-corrected chi connectivity index (χ4v) is 9.89. The van der Waals surface area contributed by atoms with Crippen LogP contribution in [0.1, 0.15) is 116 Å². The van der Waals surface area contributed by atoms with Crippen LogP contribution < -0.4 is 0 Å². The average Bonchev–Trinajstić information content (AvgIpc) is 3.83. The fourth-order valence-electron chi connectivity index (χ4n) is 9.89. The van der Waals surface area contributed by atoms with Gasteiger partial charge in [-0.2, -0.15) is 9.97 Å². The second-order valence-electron chi connectivity index (χ2n) is 17.4. The summed E-state index contributed by atoms with van der Waals surface area (Å²) in [7, 11) is 0. The molecule has 0 N–H and O–H groups in total. The van der Waals surface area contributed by atoms with E-state index in [-0.39, 0.29) is 5.92 Å². The summed E-state index contributed by atoms with van der Waals surface area (Å²) in [6, 6.07) is 41.9. The Hall–Kier alpha value is -5.81. The van der Waals surface area contributed by atoms with E-state index in [0.29, 0.717) is 11.9 Å². The third-order valence-corrected chi connectivity index (χ3v) is 13.2. The van der Waals surface area contributed by atoms with Gasteiger partial charge < -0.3 is 4.57 Å². The van der Waals surface area contributed by atoms with Crippen LogP contribution in [0.15, 0.2) is 133 Å². The van der Waals surface area contributed by atoms with Gasteiger partial charge in [0.25, 0.3) is 0 Å². The van der Waals surface area contributed by atoms with E-state index >= 15 is 0 Å². The van der Waals surface area contributed by atoms with Gasteiger partial charge in [0.15, 0.2) is 11.6 Å². The van der Waals surface area contributed by atoms with Gasteiger partial charge in [-0.25, -0.2) is 4.98 Å². The lowest BCUT2D eigenvalue weighted by Gasteiger charge is -2.26. The number of benzene rings is 5. The molecule has 1 aliphatic carbocycles. The molecule has 0 saturated heterocycles. The number of nitrogens with zero attached hydrogens (tertiary/aromatic N) is 5. The third-order valence-electron chi connectivity index (χ3n) is 13.2. The summed E-state index contributed by atoms with van der Waals surface area (Å²) in [5, 5.41) is 4.79. The SMILES string of the molecule is CCCCCCCCc1cccc(-c2nc(C3=CC=CC(CCCCCCCC)C3C)nc(-n3c4ccccc4c4ccc5c6ccccc6n(-c6ccccc6)c5c43)n2)c1. The number of fused-ring (bicyclic) bond motifs is 7. The number of hydrogen-bond acceptors (Lipinski definition) is 3. The van der Waals surface area contributed by atoms with Gasteiger partial charge in [-0.05, 0) is 67.0 Å². The van der Waals surface area contributed by atoms with Gasteiger partial charge >= 0.3 is 0 Å². The molecule has 5 aromatic carbocycles. The quantitative estimate of drug-likeness (QED) is 0.0812. The molecular weight excluding hydrogens is 743 g/mol. The first-order chi connectivity index (χ1) is 30.1. The van der Waals surface area contributed by atoms with Crippen LogP contribution in [0.25, 0.3) is 72.2 Å². The highest BCUT2D eigenvalue weighted by Crippen LogP contribution is 2.42. The van der Waals surface area contributed by atoms with Gasteiger partial charge in [-0.15, -0.1) is 0 Å². The molecule has 5 heteroatoms. The van der Waals surface area contributed by atoms with Crippen LogP contribution in [-0.2, 0) is 6.42 Å². The van der Waals surface area contributed by atoms with Gasteiger partial charge in [0.1, 0.15) is 0 Å². The van der Waals surface area contributed by atoms with E-state index in [1.54, 1.807) is 0 Å². The van der Waals surface area contributed by atoms with Crippen molar-refractivity contribution < 1.29 is 0 Å². The second-order valence-corrected chi connectivity index (χ2v) is 17.4. The molecule has 0 fully saturated rings. The summed E-state index contributed by atoms with van der Waals surface area (Å²) >= 11 is 0. The van der Waals surface area contributed by atoms with Crippen molar-refractivity contribution in [1.82, 2.24) is 24.1 Å². The van der Waals surface area contributed by atoms with Crippen molar-refractivity contribution in [2.45, 2.75) is 111 Å². The fraction of sp³-hybridized carbons (Fsp3) is 0.339. The zero-order chi connectivity index (χ0) is 41.5. The van der Waals surface area contributed by atoms with E-state index < -0.39 is 0 Å². The lowest BCUT2D eigenvalue weighted by molar-refractivity contribution is 0.449. The van der Waals surface area contributed by atoms with Crippen molar-refractivity contribution in [2.75, 3.05) is 0 Å². The van der Waals surface area contributed by atoms with Gasteiger partial charge in [-0.1, -0.05) is 195 Å². The first-order valence-corrected chi connectivity index (χ1v) is 23.4. The van der Waals surface area contributed by atoms with Gasteiger partial charge in [0, 0.05) is 38.4 Å². The number of unbranched alkanes of at least 4 members (excludes halogenated alkanes) is 10. The lowest BCUT2D eigenvalue weighted by Crippen LogP contribution is -2.17. The molecule has 0 saturated carbocycles. The Bertz CT molecular complexity index is 2820. The normalized spacial score (nSPS) is 15.4. The van der Waals surface area contributed by atoms with Crippen molar-refractivity contribution in [1.29, 1.82) is 0 Å². The summed E-state index contributed by atoms with van der Waals surface area (Å²) in [5.74, 6) is 2.88. The highest BCUT2D eigenvalue weighted by Gasteiger charge is 2.27. The maximum Gasteiger partial charge on any atom is 0.238 e. The molecule has 61 heavy (non-hydrogen) atoms. The molecule has 1 aliphatic rings. The number of allylic oxidation sites excluding steroid dienone is 4. The standard InChI is InChI=1S/C56H61N5/c1-4-6-8-10-12-15-25-41-26-23-29-43(39-41)54-57-55(45-34-24-28-42(40(45)3)27-16-13-11-9-7-5-2)59-56(58-54)61-51-36-22-20-33-47(51)49-38-37-48-46-32-19-21-35-50(46)60(52(48)53(49)61)44-30-17-14-18-31-44/h14,17-24,26,28-40,42H,4-13,15-16,25,27H2,1-3H3. The number of para-hydroxylation sites is 3. The Morgan fingerprint density at radius 3 is 1.85 bits per heavy atom. The zero-order valence-electron chi connectivity index (χ0n) is 36.5. The molecule has 0 radical (unpaired) electrons. The highest BCUT2D eigenvalue weighted by atomic mass is 15.2. The van der Waals surface area contributed by atoms with E-state index in [9.17, 15) is 0 Å². The molecule has 0 amide bonds. The van der Waals surface area contributed by atoms with Crippen LogP contribution in [0.4, 0.5) is 0 Å². The summed E-state index contributed by atoms with van der Waals surface area (Å²) in [6.07, 6.45) is 24.7. The van der Waals surface area contributed by atoms with Gasteiger partial charge in [0.05, 0.1) is 22.1 Å². The number of rotatable bonds is 18. The van der Waals surface area contributed by atoms with Crippen molar-refractivity contribution >= 4 is 49.2 Å². The lowest BCUT2D eigenvalue weighted by atomic mass is 9.80. The first kappa shape index (κ1) is 40.6. The second kappa shape index (κ2) is 18.8. The van der Waals surface area contributed by atoms with Crippen molar-refractivity contribution in [3.63, 3.8) is 0 Å². The average molecular weight is 804 g/mol. The van der Waals surface area contributed by atoms with Crippen LogP contribution >= 0.6 is 0 Å². The molecule has 3 aromatic heterocycles. The van der Waals surface area contributed by atoms with Crippen molar-refractivity contribution in [3.8, 4) is 23.0 Å². The molecule has 0 bridgehead atoms. The minimum Gasteiger partial charge on any atom is -0.307 e. The minimum absolute atomic E-state index is 0.285. The Kier molecular flexibility index (Phi) is 12.5. The largest absolute Gasteiger partial charge is 0.307 e. The number of aromatic nitrogens is 5. The van der Waals surface area contributed by atoms with Crippen molar-refractivity contribution in [3.05, 3.63) is 145 Å². The summed E-state index contributed by atoms with van der Waals surface area (Å²) in [5.41, 5.74) is 9.22. The van der Waals surface area contributed by atoms with Gasteiger partial charge in [0.2, 0.25) is 5.95 Å². The molecule has 5 nitrogen and oxygen atoms in total. The van der Waals surface area contributed by atoms with E-state index in [0.717, 1.165) is 45.9 Å².